The van der Waals surface area contributed by atoms with E-state index in [1.807, 2.05) is 26.0 Å². The smallest absolute Gasteiger partial charge is 0.338 e. The first-order valence-corrected chi connectivity index (χ1v) is 6.18. The van der Waals surface area contributed by atoms with Crippen LogP contribution in [0, 0.1) is 19.7 Å². The maximum atomic E-state index is 13.5. The van der Waals surface area contributed by atoms with Gasteiger partial charge in [-0.05, 0) is 31.5 Å². The number of carboxylic acid groups (broad SMARTS) is 1. The molecule has 0 fully saturated rings. The van der Waals surface area contributed by atoms with E-state index in [9.17, 15) is 9.18 Å². The summed E-state index contributed by atoms with van der Waals surface area (Å²) in [6.45, 7) is 4.31. The van der Waals surface area contributed by atoms with Crippen molar-refractivity contribution < 1.29 is 19.0 Å². The second-order valence-electron chi connectivity index (χ2n) is 4.73. The molecule has 0 heterocycles. The average Bonchev–Trinajstić information content (AvgIpc) is 2.35. The van der Waals surface area contributed by atoms with Gasteiger partial charge in [-0.3, -0.25) is 0 Å². The lowest BCUT2D eigenvalue weighted by atomic mass is 10.1. The molecule has 0 bridgehead atoms. The molecule has 0 saturated heterocycles. The zero-order valence-corrected chi connectivity index (χ0v) is 11.3. The Morgan fingerprint density at radius 2 is 1.80 bits per heavy atom. The minimum absolute atomic E-state index is 0.312. The van der Waals surface area contributed by atoms with Crippen LogP contribution in [0.4, 0.5) is 4.39 Å². The Bertz CT molecular complexity index is 630. The molecule has 0 aliphatic carbocycles. The van der Waals surface area contributed by atoms with E-state index in [4.69, 9.17) is 9.84 Å². The summed E-state index contributed by atoms with van der Waals surface area (Å²) in [5, 5.41) is 8.74. The molecule has 0 aromatic heterocycles. The summed E-state index contributed by atoms with van der Waals surface area (Å²) < 4.78 is 19.0. The number of hydrogen-bond acceptors (Lipinski definition) is 2. The van der Waals surface area contributed by atoms with Crippen LogP contribution in [-0.2, 0) is 6.61 Å². The van der Waals surface area contributed by atoms with Crippen molar-refractivity contribution in [2.75, 3.05) is 0 Å². The number of aromatic carboxylic acids is 1. The third-order valence-corrected chi connectivity index (χ3v) is 2.86. The summed E-state index contributed by atoms with van der Waals surface area (Å²) >= 11 is 0. The van der Waals surface area contributed by atoms with Crippen LogP contribution in [0.1, 0.15) is 27.0 Å². The molecule has 3 nitrogen and oxygen atoms in total. The first kappa shape index (κ1) is 14.1. The highest BCUT2D eigenvalue weighted by Crippen LogP contribution is 2.18. The zero-order valence-electron chi connectivity index (χ0n) is 11.3. The van der Waals surface area contributed by atoms with Crippen LogP contribution < -0.4 is 4.74 Å². The molecule has 0 aliphatic rings. The van der Waals surface area contributed by atoms with Crippen LogP contribution in [0.2, 0.25) is 0 Å². The fraction of sp³-hybridized carbons (Fsp3) is 0.188. The topological polar surface area (TPSA) is 46.5 Å². The molecule has 0 radical (unpaired) electrons. The zero-order chi connectivity index (χ0) is 14.7. The fourth-order valence-corrected chi connectivity index (χ4v) is 2.08. The predicted molar refractivity (Wildman–Crippen MR) is 73.6 cm³/mol. The van der Waals surface area contributed by atoms with Gasteiger partial charge in [0.2, 0.25) is 0 Å². The first-order valence-electron chi connectivity index (χ1n) is 6.18. The second-order valence-corrected chi connectivity index (χ2v) is 4.73. The van der Waals surface area contributed by atoms with Crippen molar-refractivity contribution in [3.8, 4) is 5.75 Å². The molecule has 0 unspecified atom stereocenters. The van der Waals surface area contributed by atoms with Gasteiger partial charge in [0.25, 0.3) is 0 Å². The highest BCUT2D eigenvalue weighted by molar-refractivity contribution is 5.88. The van der Waals surface area contributed by atoms with Gasteiger partial charge in [-0.25, -0.2) is 9.18 Å². The fourth-order valence-electron chi connectivity index (χ4n) is 2.08. The lowest BCUT2D eigenvalue weighted by molar-refractivity contribution is 0.0692. The van der Waals surface area contributed by atoms with E-state index in [1.54, 1.807) is 0 Å². The minimum atomic E-state index is -1.29. The average molecular weight is 274 g/mol. The number of carboxylic acids is 1. The summed E-state index contributed by atoms with van der Waals surface area (Å²) in [6, 6.07) is 9.80. The molecular formula is C16H15FO3. The van der Waals surface area contributed by atoms with Gasteiger partial charge in [0, 0.05) is 6.07 Å². The van der Waals surface area contributed by atoms with Gasteiger partial charge in [-0.2, -0.15) is 0 Å². The lowest BCUT2D eigenvalue weighted by Gasteiger charge is -2.09. The SMILES string of the molecule is Cc1cc(C)cc(COc2ccc(C(=O)O)c(F)c2)c1. The van der Waals surface area contributed by atoms with E-state index in [1.165, 1.54) is 12.1 Å². The molecule has 2 aromatic carbocycles. The lowest BCUT2D eigenvalue weighted by Crippen LogP contribution is -2.02. The van der Waals surface area contributed by atoms with Crippen molar-refractivity contribution in [1.82, 2.24) is 0 Å². The number of benzene rings is 2. The summed E-state index contributed by atoms with van der Waals surface area (Å²) in [5.74, 6) is -1.77. The van der Waals surface area contributed by atoms with Crippen molar-refractivity contribution in [2.45, 2.75) is 20.5 Å². The Labute approximate surface area is 116 Å². The van der Waals surface area contributed by atoms with Gasteiger partial charge in [-0.15, -0.1) is 0 Å². The summed E-state index contributed by atoms with van der Waals surface area (Å²) in [7, 11) is 0. The van der Waals surface area contributed by atoms with Gasteiger partial charge >= 0.3 is 5.97 Å². The van der Waals surface area contributed by atoms with Gasteiger partial charge in [0.05, 0.1) is 5.56 Å². The monoisotopic (exact) mass is 274 g/mol. The number of ether oxygens (including phenoxy) is 1. The standard InChI is InChI=1S/C16H15FO3/c1-10-5-11(2)7-12(6-10)9-20-13-3-4-14(16(18)19)15(17)8-13/h3-8H,9H2,1-2H3,(H,18,19). The summed E-state index contributed by atoms with van der Waals surface area (Å²) in [6.07, 6.45) is 0. The molecule has 1 N–H and O–H groups in total. The van der Waals surface area contributed by atoms with E-state index < -0.39 is 11.8 Å². The summed E-state index contributed by atoms with van der Waals surface area (Å²) in [4.78, 5) is 10.7. The van der Waals surface area contributed by atoms with Gasteiger partial charge < -0.3 is 9.84 Å². The van der Waals surface area contributed by atoms with E-state index in [-0.39, 0.29) is 5.56 Å². The quantitative estimate of drug-likeness (QED) is 0.924. The van der Waals surface area contributed by atoms with Crippen LogP contribution in [-0.4, -0.2) is 11.1 Å². The van der Waals surface area contributed by atoms with E-state index in [0.29, 0.717) is 12.4 Å². The molecule has 2 aromatic rings. The molecule has 0 atom stereocenters. The third-order valence-electron chi connectivity index (χ3n) is 2.86. The Kier molecular flexibility index (Phi) is 4.03. The predicted octanol–water partition coefficient (Wildman–Crippen LogP) is 3.72. The Hall–Kier alpha value is -2.36. The number of aryl methyl sites for hydroxylation is 2. The molecule has 0 amide bonds. The number of hydrogen-bond donors (Lipinski definition) is 1. The van der Waals surface area contributed by atoms with Gasteiger partial charge in [0.1, 0.15) is 18.2 Å². The van der Waals surface area contributed by atoms with Crippen molar-refractivity contribution >= 4 is 5.97 Å². The van der Waals surface area contributed by atoms with Crippen molar-refractivity contribution in [2.24, 2.45) is 0 Å². The van der Waals surface area contributed by atoms with Crippen LogP contribution in [0.5, 0.6) is 5.75 Å². The molecule has 20 heavy (non-hydrogen) atoms. The Balaban J connectivity index is 2.11. The second kappa shape index (κ2) is 5.74. The van der Waals surface area contributed by atoms with E-state index in [2.05, 4.69) is 6.07 Å². The maximum Gasteiger partial charge on any atom is 0.338 e. The summed E-state index contributed by atoms with van der Waals surface area (Å²) in [5.41, 5.74) is 2.90. The van der Waals surface area contributed by atoms with Gasteiger partial charge in [-0.1, -0.05) is 29.3 Å². The van der Waals surface area contributed by atoms with Crippen molar-refractivity contribution in [1.29, 1.82) is 0 Å². The molecule has 104 valence electrons. The highest BCUT2D eigenvalue weighted by Gasteiger charge is 2.10. The third kappa shape index (κ3) is 3.35. The van der Waals surface area contributed by atoms with Crippen molar-refractivity contribution in [3.63, 3.8) is 0 Å². The van der Waals surface area contributed by atoms with Crippen LogP contribution in [0.3, 0.4) is 0 Å². The van der Waals surface area contributed by atoms with Crippen LogP contribution in [0.15, 0.2) is 36.4 Å². The van der Waals surface area contributed by atoms with E-state index >= 15 is 0 Å². The molecular weight excluding hydrogens is 259 g/mol. The minimum Gasteiger partial charge on any atom is -0.489 e. The van der Waals surface area contributed by atoms with E-state index in [0.717, 1.165) is 22.8 Å². The number of rotatable bonds is 4. The number of halogens is 1. The largest absolute Gasteiger partial charge is 0.489 e. The molecule has 4 heteroatoms. The van der Waals surface area contributed by atoms with Gasteiger partial charge in [0.15, 0.2) is 0 Å². The van der Waals surface area contributed by atoms with Crippen molar-refractivity contribution in [3.05, 3.63) is 64.5 Å². The Morgan fingerprint density at radius 1 is 1.15 bits per heavy atom. The molecule has 0 spiro atoms. The first-order chi connectivity index (χ1) is 9.45. The normalized spacial score (nSPS) is 10.3. The molecule has 2 rings (SSSR count). The van der Waals surface area contributed by atoms with Crippen LogP contribution >= 0.6 is 0 Å². The molecule has 0 saturated carbocycles. The van der Waals surface area contributed by atoms with Crippen LogP contribution in [0.25, 0.3) is 0 Å². The Morgan fingerprint density at radius 3 is 2.35 bits per heavy atom. The number of carbonyl (C=O) groups is 1. The maximum absolute atomic E-state index is 13.5. The molecule has 0 aliphatic heterocycles. The highest BCUT2D eigenvalue weighted by atomic mass is 19.1.